The first kappa shape index (κ1) is 21.8. The highest BCUT2D eigenvalue weighted by atomic mass is 32.2. The van der Waals surface area contributed by atoms with Gasteiger partial charge in [-0.25, -0.2) is 26.9 Å². The summed E-state index contributed by atoms with van der Waals surface area (Å²) in [6.45, 7) is 3.24. The van der Waals surface area contributed by atoms with E-state index in [1.165, 1.54) is 6.92 Å². The normalized spacial score (nSPS) is 31.5. The van der Waals surface area contributed by atoms with E-state index in [0.717, 1.165) is 11.1 Å². The summed E-state index contributed by atoms with van der Waals surface area (Å²) in [5, 5.41) is -1.09. The Morgan fingerprint density at radius 3 is 2.68 bits per heavy atom. The fourth-order valence-electron chi connectivity index (χ4n) is 4.79. The summed E-state index contributed by atoms with van der Waals surface area (Å²) < 4.78 is 61.8. The van der Waals surface area contributed by atoms with E-state index >= 15 is 0 Å². The maximum absolute atomic E-state index is 14.6. The molecule has 2 fully saturated rings. The van der Waals surface area contributed by atoms with Crippen LogP contribution in [0.25, 0.3) is 17.2 Å². The van der Waals surface area contributed by atoms with Crippen LogP contribution in [0.15, 0.2) is 42.7 Å². The van der Waals surface area contributed by atoms with Crippen LogP contribution in [0.2, 0.25) is 0 Å². The molecule has 166 valence electrons. The molecule has 2 aromatic rings. The predicted octanol–water partition coefficient (Wildman–Crippen LogP) is 3.76. The summed E-state index contributed by atoms with van der Waals surface area (Å²) in [6, 6.07) is 6.93. The van der Waals surface area contributed by atoms with E-state index in [2.05, 4.69) is 14.7 Å². The van der Waals surface area contributed by atoms with Crippen molar-refractivity contribution in [3.8, 4) is 17.0 Å². The molecule has 0 unspecified atom stereocenters. The standard InChI is InChI=1S/C22H25F2N3O3S/c1-13-17(20-14(2)27-31(28,29)19(20)11-22(13,23)24)9-8-16-7-6-15(12-26-16)18-5-4-10-25-21(18)30-3/h4-10,12-14,17,19-20,27H,11H2,1-3H3/t13-,14+,17-,19+,20-/m0/s1. The number of aromatic nitrogens is 2. The molecule has 5 atom stereocenters. The lowest BCUT2D eigenvalue weighted by molar-refractivity contribution is -0.107. The number of fused-ring (bicyclic) bond motifs is 1. The molecule has 0 amide bonds. The average Bonchev–Trinajstić information content (AvgIpc) is 2.96. The monoisotopic (exact) mass is 449 g/mol. The van der Waals surface area contributed by atoms with E-state index in [0.29, 0.717) is 11.6 Å². The lowest BCUT2D eigenvalue weighted by atomic mass is 9.68. The highest BCUT2D eigenvalue weighted by Gasteiger charge is 2.60. The number of sulfonamides is 1. The minimum absolute atomic E-state index is 0.392. The van der Waals surface area contributed by atoms with E-state index in [4.69, 9.17) is 4.74 Å². The van der Waals surface area contributed by atoms with Gasteiger partial charge in [0, 0.05) is 47.8 Å². The van der Waals surface area contributed by atoms with Crippen molar-refractivity contribution in [2.75, 3.05) is 7.11 Å². The molecule has 3 heterocycles. The second-order valence-corrected chi connectivity index (χ2v) is 10.2. The van der Waals surface area contributed by atoms with E-state index in [9.17, 15) is 17.2 Å². The molecule has 1 N–H and O–H groups in total. The number of methoxy groups -OCH3 is 1. The number of allylic oxidation sites excluding steroid dienone is 1. The zero-order valence-electron chi connectivity index (χ0n) is 17.5. The van der Waals surface area contributed by atoms with Gasteiger partial charge in [0.1, 0.15) is 0 Å². The Morgan fingerprint density at radius 1 is 1.23 bits per heavy atom. The molecule has 1 saturated carbocycles. The van der Waals surface area contributed by atoms with Gasteiger partial charge in [0.25, 0.3) is 5.92 Å². The molecule has 6 nitrogen and oxygen atoms in total. The molecule has 0 aromatic carbocycles. The minimum Gasteiger partial charge on any atom is -0.481 e. The first-order chi connectivity index (χ1) is 14.6. The van der Waals surface area contributed by atoms with Crippen molar-refractivity contribution >= 4 is 16.1 Å². The molecule has 4 rings (SSSR count). The van der Waals surface area contributed by atoms with Crippen molar-refractivity contribution in [2.24, 2.45) is 17.8 Å². The van der Waals surface area contributed by atoms with Gasteiger partial charge in [-0.2, -0.15) is 0 Å². The molecule has 0 spiro atoms. The Balaban J connectivity index is 1.61. The summed E-state index contributed by atoms with van der Waals surface area (Å²) in [7, 11) is -2.20. The molecule has 2 aliphatic rings. The lowest BCUT2D eigenvalue weighted by Crippen LogP contribution is -2.49. The fourth-order valence-corrected chi connectivity index (χ4v) is 6.91. The third kappa shape index (κ3) is 3.96. The van der Waals surface area contributed by atoms with E-state index in [-0.39, 0.29) is 0 Å². The van der Waals surface area contributed by atoms with Crippen LogP contribution in [0.4, 0.5) is 8.78 Å². The first-order valence-electron chi connectivity index (χ1n) is 10.2. The van der Waals surface area contributed by atoms with Gasteiger partial charge in [0.15, 0.2) is 0 Å². The van der Waals surface area contributed by atoms with Crippen molar-refractivity contribution in [1.82, 2.24) is 14.7 Å². The highest BCUT2D eigenvalue weighted by Crippen LogP contribution is 2.50. The van der Waals surface area contributed by atoms with Crippen LogP contribution in [-0.4, -0.2) is 42.7 Å². The van der Waals surface area contributed by atoms with Gasteiger partial charge in [-0.3, -0.25) is 4.98 Å². The van der Waals surface area contributed by atoms with Crippen LogP contribution in [-0.2, 0) is 10.0 Å². The summed E-state index contributed by atoms with van der Waals surface area (Å²) >= 11 is 0. The number of rotatable bonds is 4. The van der Waals surface area contributed by atoms with E-state index in [1.54, 1.807) is 50.7 Å². The molecule has 0 radical (unpaired) electrons. The number of nitrogens with zero attached hydrogens (tertiary/aromatic N) is 2. The Hall–Kier alpha value is -2.39. The topological polar surface area (TPSA) is 81.2 Å². The number of alkyl halides is 2. The number of pyridine rings is 2. The summed E-state index contributed by atoms with van der Waals surface area (Å²) in [6.07, 6.45) is 6.07. The van der Waals surface area contributed by atoms with Gasteiger partial charge in [-0.1, -0.05) is 19.1 Å². The molecular formula is C22H25F2N3O3S. The zero-order chi connectivity index (χ0) is 22.4. The predicted molar refractivity (Wildman–Crippen MR) is 114 cm³/mol. The molecule has 0 bridgehead atoms. The van der Waals surface area contributed by atoms with E-state index in [1.807, 2.05) is 12.1 Å². The molecule has 1 saturated heterocycles. The molecule has 31 heavy (non-hydrogen) atoms. The Kier molecular flexibility index (Phi) is 5.59. The molecule has 1 aliphatic heterocycles. The van der Waals surface area contributed by atoms with Gasteiger partial charge in [-0.05, 0) is 37.1 Å². The summed E-state index contributed by atoms with van der Waals surface area (Å²) in [4.78, 5) is 8.59. The van der Waals surface area contributed by atoms with Gasteiger partial charge in [-0.15, -0.1) is 0 Å². The van der Waals surface area contributed by atoms with Crippen LogP contribution in [0.3, 0.4) is 0 Å². The average molecular weight is 450 g/mol. The number of hydrogen-bond donors (Lipinski definition) is 1. The Bertz CT molecular complexity index is 1090. The van der Waals surface area contributed by atoms with Crippen LogP contribution in [0.5, 0.6) is 5.88 Å². The number of halogens is 2. The maximum Gasteiger partial charge on any atom is 0.252 e. The van der Waals surface area contributed by atoms with Crippen molar-refractivity contribution in [3.05, 3.63) is 48.4 Å². The van der Waals surface area contributed by atoms with Gasteiger partial charge in [0.05, 0.1) is 18.1 Å². The zero-order valence-corrected chi connectivity index (χ0v) is 18.3. The number of hydrogen-bond acceptors (Lipinski definition) is 5. The number of nitrogens with one attached hydrogen (secondary N) is 1. The lowest BCUT2D eigenvalue weighted by Gasteiger charge is -2.42. The molecule has 9 heteroatoms. The van der Waals surface area contributed by atoms with Crippen molar-refractivity contribution in [2.45, 2.75) is 37.5 Å². The van der Waals surface area contributed by atoms with Gasteiger partial charge in [0.2, 0.25) is 15.9 Å². The van der Waals surface area contributed by atoms with Gasteiger partial charge >= 0.3 is 0 Å². The summed E-state index contributed by atoms with van der Waals surface area (Å²) in [5.74, 6) is -4.53. The van der Waals surface area contributed by atoms with Crippen molar-refractivity contribution in [1.29, 1.82) is 0 Å². The third-order valence-corrected chi connectivity index (χ3v) is 8.45. The second kappa shape index (κ2) is 7.94. The first-order valence-corrected chi connectivity index (χ1v) is 11.7. The molecule has 2 aromatic heterocycles. The number of ether oxygens (including phenoxy) is 1. The molecule has 1 aliphatic carbocycles. The largest absolute Gasteiger partial charge is 0.481 e. The SMILES string of the molecule is COc1ncccc1-c1ccc(C=C[C@@H]2[C@H]3[C@@H](CC(F)(F)[C@H]2C)S(=O)(=O)N[C@@H]3C)nc1. The second-order valence-electron chi connectivity index (χ2n) is 8.29. The quantitative estimate of drug-likeness (QED) is 0.769. The maximum atomic E-state index is 14.6. The molecular weight excluding hydrogens is 424 g/mol. The van der Waals surface area contributed by atoms with Crippen LogP contribution in [0, 0.1) is 17.8 Å². The minimum atomic E-state index is -3.75. The van der Waals surface area contributed by atoms with Crippen LogP contribution < -0.4 is 9.46 Å². The highest BCUT2D eigenvalue weighted by molar-refractivity contribution is 7.90. The van der Waals surface area contributed by atoms with Crippen molar-refractivity contribution < 1.29 is 21.9 Å². The van der Waals surface area contributed by atoms with Crippen molar-refractivity contribution in [3.63, 3.8) is 0 Å². The third-order valence-electron chi connectivity index (χ3n) is 6.47. The van der Waals surface area contributed by atoms with E-state index < -0.39 is 51.4 Å². The van der Waals surface area contributed by atoms with Crippen LogP contribution in [0.1, 0.15) is 26.0 Å². The summed E-state index contributed by atoms with van der Waals surface area (Å²) in [5.41, 5.74) is 2.22. The smallest absolute Gasteiger partial charge is 0.252 e. The fraction of sp³-hybridized carbons (Fsp3) is 0.455. The van der Waals surface area contributed by atoms with Gasteiger partial charge < -0.3 is 4.74 Å². The van der Waals surface area contributed by atoms with Crippen LogP contribution >= 0.6 is 0 Å². The Labute approximate surface area is 180 Å². The Morgan fingerprint density at radius 2 is 2.00 bits per heavy atom.